The van der Waals surface area contributed by atoms with Crippen LogP contribution < -0.4 is 10.2 Å². The third kappa shape index (κ3) is 1.92. The SMILES string of the molecule is COc1ccc2sc3cc(C(=O)O)ccc3c(=O)c2c1. The smallest absolute Gasteiger partial charge is 0.335 e. The van der Waals surface area contributed by atoms with Crippen LogP contribution in [-0.4, -0.2) is 18.2 Å². The fraction of sp³-hybridized carbons (Fsp3) is 0.0667. The number of aromatic carboxylic acids is 1. The normalized spacial score (nSPS) is 10.8. The summed E-state index contributed by atoms with van der Waals surface area (Å²) in [6.07, 6.45) is 0. The van der Waals surface area contributed by atoms with Gasteiger partial charge in [0, 0.05) is 20.2 Å². The number of hydrogen-bond donors (Lipinski definition) is 1. The van der Waals surface area contributed by atoms with Crippen molar-refractivity contribution in [3.8, 4) is 5.75 Å². The quantitative estimate of drug-likeness (QED) is 0.735. The van der Waals surface area contributed by atoms with Gasteiger partial charge in [-0.3, -0.25) is 4.79 Å². The molecule has 0 saturated carbocycles. The highest BCUT2D eigenvalue weighted by molar-refractivity contribution is 7.24. The van der Waals surface area contributed by atoms with Crippen molar-refractivity contribution in [2.75, 3.05) is 7.11 Å². The van der Waals surface area contributed by atoms with E-state index in [4.69, 9.17) is 9.84 Å². The van der Waals surface area contributed by atoms with E-state index in [9.17, 15) is 9.59 Å². The molecule has 1 N–H and O–H groups in total. The first-order valence-electron chi connectivity index (χ1n) is 5.88. The second-order valence-electron chi connectivity index (χ2n) is 4.31. The van der Waals surface area contributed by atoms with Crippen molar-refractivity contribution < 1.29 is 14.6 Å². The van der Waals surface area contributed by atoms with E-state index >= 15 is 0 Å². The maximum atomic E-state index is 12.4. The summed E-state index contributed by atoms with van der Waals surface area (Å²) in [6, 6.07) is 9.85. The van der Waals surface area contributed by atoms with Crippen LogP contribution in [0.15, 0.2) is 41.2 Å². The van der Waals surface area contributed by atoms with Crippen LogP contribution in [0.1, 0.15) is 10.4 Å². The number of rotatable bonds is 2. The molecule has 0 unspecified atom stereocenters. The minimum Gasteiger partial charge on any atom is -0.497 e. The molecule has 2 aromatic carbocycles. The molecule has 0 aliphatic carbocycles. The van der Waals surface area contributed by atoms with Crippen molar-refractivity contribution in [3.05, 3.63) is 52.2 Å². The number of carboxylic acids is 1. The van der Waals surface area contributed by atoms with Gasteiger partial charge in [0.05, 0.1) is 12.7 Å². The first-order chi connectivity index (χ1) is 9.60. The lowest BCUT2D eigenvalue weighted by atomic mass is 10.1. The van der Waals surface area contributed by atoms with Crippen LogP contribution in [0, 0.1) is 0 Å². The fourth-order valence-corrected chi connectivity index (χ4v) is 3.18. The standard InChI is InChI=1S/C15H10O4S/c1-19-9-3-5-12-11(7-9)14(16)10-4-2-8(15(17)18)6-13(10)20-12/h2-7H,1H3,(H,17,18). The number of fused-ring (bicyclic) bond motifs is 2. The zero-order valence-electron chi connectivity index (χ0n) is 10.5. The predicted octanol–water partition coefficient (Wildman–Crippen LogP) is 3.12. The summed E-state index contributed by atoms with van der Waals surface area (Å²) < 4.78 is 6.61. The number of benzene rings is 2. The van der Waals surface area contributed by atoms with Crippen LogP contribution in [0.25, 0.3) is 20.2 Å². The van der Waals surface area contributed by atoms with Crippen molar-refractivity contribution in [2.45, 2.75) is 0 Å². The van der Waals surface area contributed by atoms with Gasteiger partial charge < -0.3 is 9.84 Å². The summed E-state index contributed by atoms with van der Waals surface area (Å²) in [4.78, 5) is 23.4. The molecule has 20 heavy (non-hydrogen) atoms. The van der Waals surface area contributed by atoms with Gasteiger partial charge >= 0.3 is 5.97 Å². The van der Waals surface area contributed by atoms with Gasteiger partial charge in [-0.2, -0.15) is 0 Å². The van der Waals surface area contributed by atoms with Gasteiger partial charge in [0.15, 0.2) is 5.43 Å². The first kappa shape index (κ1) is 12.6. The van der Waals surface area contributed by atoms with Crippen LogP contribution in [0.5, 0.6) is 5.75 Å². The highest BCUT2D eigenvalue weighted by Crippen LogP contribution is 2.27. The molecule has 1 aromatic heterocycles. The summed E-state index contributed by atoms with van der Waals surface area (Å²) in [7, 11) is 1.55. The van der Waals surface area contributed by atoms with E-state index in [-0.39, 0.29) is 11.0 Å². The summed E-state index contributed by atoms with van der Waals surface area (Å²) in [6.45, 7) is 0. The van der Waals surface area contributed by atoms with Gasteiger partial charge in [0.1, 0.15) is 5.75 Å². The zero-order chi connectivity index (χ0) is 14.3. The highest BCUT2D eigenvalue weighted by Gasteiger charge is 2.10. The lowest BCUT2D eigenvalue weighted by Crippen LogP contribution is -2.03. The van der Waals surface area contributed by atoms with Crippen LogP contribution in [-0.2, 0) is 0 Å². The van der Waals surface area contributed by atoms with Crippen LogP contribution in [0.3, 0.4) is 0 Å². The molecule has 0 radical (unpaired) electrons. The molecule has 3 rings (SSSR count). The van der Waals surface area contributed by atoms with Crippen molar-refractivity contribution >= 4 is 37.5 Å². The monoisotopic (exact) mass is 286 g/mol. The number of methoxy groups -OCH3 is 1. The van der Waals surface area contributed by atoms with E-state index in [0.29, 0.717) is 21.2 Å². The Morgan fingerprint density at radius 3 is 2.60 bits per heavy atom. The van der Waals surface area contributed by atoms with Gasteiger partial charge in [-0.25, -0.2) is 4.79 Å². The molecule has 0 saturated heterocycles. The fourth-order valence-electron chi connectivity index (χ4n) is 2.09. The first-order valence-corrected chi connectivity index (χ1v) is 6.70. The Labute approximate surface area is 117 Å². The largest absolute Gasteiger partial charge is 0.497 e. The van der Waals surface area contributed by atoms with E-state index in [1.165, 1.54) is 23.5 Å². The van der Waals surface area contributed by atoms with E-state index in [1.54, 1.807) is 25.3 Å². The Bertz CT molecular complexity index is 895. The molecule has 0 aliphatic heterocycles. The molecule has 3 aromatic rings. The maximum absolute atomic E-state index is 12.4. The topological polar surface area (TPSA) is 63.6 Å². The maximum Gasteiger partial charge on any atom is 0.335 e. The molecular weight excluding hydrogens is 276 g/mol. The third-order valence-electron chi connectivity index (χ3n) is 3.12. The van der Waals surface area contributed by atoms with Crippen LogP contribution in [0.4, 0.5) is 0 Å². The Morgan fingerprint density at radius 2 is 1.90 bits per heavy atom. The van der Waals surface area contributed by atoms with Crippen molar-refractivity contribution in [1.82, 2.24) is 0 Å². The minimum atomic E-state index is -0.999. The second-order valence-corrected chi connectivity index (χ2v) is 5.39. The third-order valence-corrected chi connectivity index (χ3v) is 4.26. The van der Waals surface area contributed by atoms with Gasteiger partial charge in [-0.05, 0) is 36.4 Å². The molecule has 4 nitrogen and oxygen atoms in total. The molecule has 0 aliphatic rings. The molecule has 0 spiro atoms. The van der Waals surface area contributed by atoms with Gasteiger partial charge in [-0.1, -0.05) is 0 Å². The number of carbonyl (C=O) groups is 1. The Kier molecular flexibility index (Phi) is 2.91. The van der Waals surface area contributed by atoms with E-state index < -0.39 is 5.97 Å². The van der Waals surface area contributed by atoms with E-state index in [1.807, 2.05) is 6.07 Å². The van der Waals surface area contributed by atoms with Gasteiger partial charge in [0.25, 0.3) is 0 Å². The Morgan fingerprint density at radius 1 is 1.10 bits per heavy atom. The molecular formula is C15H10O4S. The molecule has 0 bridgehead atoms. The van der Waals surface area contributed by atoms with Crippen molar-refractivity contribution in [2.24, 2.45) is 0 Å². The van der Waals surface area contributed by atoms with Crippen LogP contribution in [0.2, 0.25) is 0 Å². The molecule has 0 amide bonds. The van der Waals surface area contributed by atoms with Gasteiger partial charge in [0.2, 0.25) is 0 Å². The molecule has 100 valence electrons. The lowest BCUT2D eigenvalue weighted by molar-refractivity contribution is 0.0697. The average molecular weight is 286 g/mol. The summed E-state index contributed by atoms with van der Waals surface area (Å²) in [5, 5.41) is 10.1. The molecule has 1 heterocycles. The van der Waals surface area contributed by atoms with E-state index in [0.717, 1.165) is 4.70 Å². The second kappa shape index (κ2) is 4.61. The minimum absolute atomic E-state index is 0.107. The Balaban J connectivity index is 2.40. The highest BCUT2D eigenvalue weighted by atomic mass is 32.1. The molecule has 0 fully saturated rings. The number of ether oxygens (including phenoxy) is 1. The van der Waals surface area contributed by atoms with Crippen molar-refractivity contribution in [3.63, 3.8) is 0 Å². The number of carboxylic acid groups (broad SMARTS) is 1. The summed E-state index contributed by atoms with van der Waals surface area (Å²) >= 11 is 1.40. The van der Waals surface area contributed by atoms with Crippen LogP contribution >= 0.6 is 11.3 Å². The Hall–Kier alpha value is -2.40. The van der Waals surface area contributed by atoms with E-state index in [2.05, 4.69) is 0 Å². The number of hydrogen-bond acceptors (Lipinski definition) is 4. The molecule has 5 heteroatoms. The predicted molar refractivity (Wildman–Crippen MR) is 79.1 cm³/mol. The average Bonchev–Trinajstić information content (AvgIpc) is 2.46. The van der Waals surface area contributed by atoms with Crippen molar-refractivity contribution in [1.29, 1.82) is 0 Å². The summed E-state index contributed by atoms with van der Waals surface area (Å²) in [5.41, 5.74) is 0.0746. The lowest BCUT2D eigenvalue weighted by Gasteiger charge is -2.04. The van der Waals surface area contributed by atoms with Gasteiger partial charge in [-0.15, -0.1) is 11.3 Å². The zero-order valence-corrected chi connectivity index (χ0v) is 11.4. The molecule has 0 atom stereocenters. The summed E-state index contributed by atoms with van der Waals surface area (Å²) in [5.74, 6) is -0.371.